The number of nitrogens with two attached hydrogens (primary N) is 1. The molecule has 142 valence electrons. The molecule has 0 fully saturated rings. The van der Waals surface area contributed by atoms with Crippen molar-refractivity contribution in [3.63, 3.8) is 0 Å². The third kappa shape index (κ3) is 3.32. The lowest BCUT2D eigenvalue weighted by molar-refractivity contribution is 0.0730. The number of nitrogens with zero attached hydrogens (tertiary/aromatic N) is 2. The van der Waals surface area contributed by atoms with Gasteiger partial charge >= 0.3 is 5.97 Å². The van der Waals surface area contributed by atoms with Gasteiger partial charge in [0.05, 0.1) is 12.1 Å². The quantitative estimate of drug-likeness (QED) is 0.494. The number of aliphatic hydroxyl groups excluding tert-OH is 1. The number of anilines is 1. The monoisotopic (exact) mass is 373 g/mol. The van der Waals surface area contributed by atoms with Gasteiger partial charge in [0.1, 0.15) is 35.1 Å². The van der Waals surface area contributed by atoms with Crippen molar-refractivity contribution in [1.82, 2.24) is 9.61 Å². The highest BCUT2D eigenvalue weighted by Gasteiger charge is 2.21. The van der Waals surface area contributed by atoms with Gasteiger partial charge in [-0.15, -0.1) is 5.10 Å². The van der Waals surface area contributed by atoms with E-state index in [-0.39, 0.29) is 53.2 Å². The predicted octanol–water partition coefficient (Wildman–Crippen LogP) is 1.53. The van der Waals surface area contributed by atoms with Crippen molar-refractivity contribution < 1.29 is 29.6 Å². The van der Waals surface area contributed by atoms with Gasteiger partial charge in [0.25, 0.3) is 5.88 Å². The number of aryl methyl sites for hydroxylation is 1. The molecule has 3 rings (SSSR count). The number of carbonyl (C=O) groups excluding carboxylic acids is 1. The number of aromatic nitrogens is 2. The van der Waals surface area contributed by atoms with Crippen LogP contribution in [0.2, 0.25) is 0 Å². The molecule has 0 aliphatic rings. The lowest BCUT2D eigenvalue weighted by Gasteiger charge is -2.12. The first-order valence-electron chi connectivity index (χ1n) is 8.09. The number of pyridine rings is 1. The summed E-state index contributed by atoms with van der Waals surface area (Å²) in [5.41, 5.74) is 7.21. The second-order valence-corrected chi connectivity index (χ2v) is 5.93. The van der Waals surface area contributed by atoms with E-state index < -0.39 is 5.97 Å². The van der Waals surface area contributed by atoms with E-state index in [9.17, 15) is 15.0 Å². The van der Waals surface area contributed by atoms with Gasteiger partial charge in [-0.1, -0.05) is 0 Å². The fourth-order valence-corrected chi connectivity index (χ4v) is 2.63. The summed E-state index contributed by atoms with van der Waals surface area (Å²) < 4.78 is 12.0. The molecule has 0 saturated heterocycles. The van der Waals surface area contributed by atoms with Gasteiger partial charge in [0.2, 0.25) is 0 Å². The zero-order chi connectivity index (χ0) is 19.7. The van der Waals surface area contributed by atoms with Crippen molar-refractivity contribution in [1.29, 1.82) is 0 Å². The molecule has 2 aromatic heterocycles. The lowest BCUT2D eigenvalue weighted by atomic mass is 10.0. The first kappa shape index (κ1) is 18.3. The van der Waals surface area contributed by atoms with Gasteiger partial charge in [0.15, 0.2) is 0 Å². The Labute approximate surface area is 154 Å². The number of hydrogen-bond acceptors (Lipinski definition) is 8. The van der Waals surface area contributed by atoms with Crippen LogP contribution in [0.25, 0.3) is 5.52 Å². The molecule has 0 radical (unpaired) electrons. The maximum atomic E-state index is 12.5. The number of carbonyl (C=O) groups is 1. The Morgan fingerprint density at radius 1 is 1.30 bits per heavy atom. The first-order chi connectivity index (χ1) is 12.8. The Morgan fingerprint density at radius 3 is 2.74 bits per heavy atom. The smallest absolute Gasteiger partial charge is 0.347 e. The third-order valence-electron chi connectivity index (χ3n) is 4.08. The minimum atomic E-state index is -0.771. The van der Waals surface area contributed by atoms with Crippen LogP contribution in [-0.4, -0.2) is 44.1 Å². The van der Waals surface area contributed by atoms with Crippen LogP contribution in [0.5, 0.6) is 23.1 Å². The third-order valence-corrected chi connectivity index (χ3v) is 4.08. The van der Waals surface area contributed by atoms with Gasteiger partial charge in [-0.3, -0.25) is 0 Å². The zero-order valence-corrected chi connectivity index (χ0v) is 14.8. The van der Waals surface area contributed by atoms with Crippen LogP contribution >= 0.6 is 0 Å². The van der Waals surface area contributed by atoms with E-state index in [0.717, 1.165) is 0 Å². The average Bonchev–Trinajstić information content (AvgIpc) is 2.93. The number of benzene rings is 1. The second-order valence-electron chi connectivity index (χ2n) is 5.93. The molecule has 0 aliphatic heterocycles. The summed E-state index contributed by atoms with van der Waals surface area (Å²) in [6.45, 7) is 2.95. The van der Waals surface area contributed by atoms with E-state index in [1.807, 2.05) is 0 Å². The summed E-state index contributed by atoms with van der Waals surface area (Å²) in [6.07, 6.45) is 1.54. The molecular formula is C18H19N3O6. The van der Waals surface area contributed by atoms with Crippen molar-refractivity contribution in [3.05, 3.63) is 41.1 Å². The molecule has 9 nitrogen and oxygen atoms in total. The number of nitrogen functional groups attached to an aromatic ring is 1. The number of esters is 1. The van der Waals surface area contributed by atoms with Crippen LogP contribution in [0.3, 0.4) is 0 Å². The number of aliphatic hydroxyl groups is 1. The van der Waals surface area contributed by atoms with E-state index >= 15 is 0 Å². The van der Waals surface area contributed by atoms with Gasteiger partial charge in [-0.25, -0.2) is 9.31 Å². The van der Waals surface area contributed by atoms with Crippen molar-refractivity contribution in [2.24, 2.45) is 0 Å². The fourth-order valence-electron chi connectivity index (χ4n) is 2.63. The summed E-state index contributed by atoms with van der Waals surface area (Å²) in [7, 11) is 0. The first-order valence-corrected chi connectivity index (χ1v) is 8.09. The van der Waals surface area contributed by atoms with Crippen molar-refractivity contribution in [2.75, 3.05) is 18.9 Å². The minimum Gasteiger partial charge on any atom is -0.508 e. The number of aromatic hydroxyl groups is 2. The standard InChI is InChI=1S/C18H19N3O6/c1-9-7-13(23)10(2)16(24)14(9)18(25)27-11-3-4-21-12(8-11)15(19)17(20-21)26-6-5-22/h3-4,7-8,22-24H,5-6,19H2,1-2H3. The van der Waals surface area contributed by atoms with Crippen LogP contribution in [0, 0.1) is 13.8 Å². The predicted molar refractivity (Wildman–Crippen MR) is 96.4 cm³/mol. The summed E-state index contributed by atoms with van der Waals surface area (Å²) in [6, 6.07) is 4.40. The van der Waals surface area contributed by atoms with Crippen LogP contribution < -0.4 is 15.2 Å². The van der Waals surface area contributed by atoms with Crippen molar-refractivity contribution in [2.45, 2.75) is 13.8 Å². The van der Waals surface area contributed by atoms with Crippen molar-refractivity contribution in [3.8, 4) is 23.1 Å². The summed E-state index contributed by atoms with van der Waals surface area (Å²) >= 11 is 0. The zero-order valence-electron chi connectivity index (χ0n) is 14.8. The molecule has 0 amide bonds. The lowest BCUT2D eigenvalue weighted by Crippen LogP contribution is -2.11. The van der Waals surface area contributed by atoms with Crippen LogP contribution in [0.15, 0.2) is 24.4 Å². The number of phenols is 2. The average molecular weight is 373 g/mol. The highest BCUT2D eigenvalue weighted by molar-refractivity contribution is 5.96. The van der Waals surface area contributed by atoms with Crippen LogP contribution in [-0.2, 0) is 0 Å². The summed E-state index contributed by atoms with van der Waals surface area (Å²) in [4.78, 5) is 12.5. The molecule has 5 N–H and O–H groups in total. The van der Waals surface area contributed by atoms with Gasteiger partial charge in [0, 0.05) is 17.8 Å². The molecule has 0 spiro atoms. The SMILES string of the molecule is Cc1cc(O)c(C)c(O)c1C(=O)Oc1ccn2nc(OCCO)c(N)c2c1. The van der Waals surface area contributed by atoms with E-state index in [1.165, 1.54) is 35.8 Å². The molecule has 0 bridgehead atoms. The van der Waals surface area contributed by atoms with Crippen LogP contribution in [0.1, 0.15) is 21.5 Å². The molecular weight excluding hydrogens is 354 g/mol. The molecule has 1 aromatic carbocycles. The maximum Gasteiger partial charge on any atom is 0.347 e. The highest BCUT2D eigenvalue weighted by atomic mass is 16.5. The normalized spacial score (nSPS) is 10.9. The molecule has 27 heavy (non-hydrogen) atoms. The molecule has 0 atom stereocenters. The Hall–Kier alpha value is -3.46. The highest BCUT2D eigenvalue weighted by Crippen LogP contribution is 2.34. The topological polar surface area (TPSA) is 140 Å². The number of phenolic OH excluding ortho intramolecular Hbond substituents is 2. The van der Waals surface area contributed by atoms with Crippen LogP contribution in [0.4, 0.5) is 5.69 Å². The van der Waals surface area contributed by atoms with E-state index in [4.69, 9.17) is 20.3 Å². The Bertz CT molecular complexity index is 1030. The minimum absolute atomic E-state index is 0.0291. The number of hydrogen-bond donors (Lipinski definition) is 4. The Kier molecular flexibility index (Phi) is 4.78. The second kappa shape index (κ2) is 7.04. The largest absolute Gasteiger partial charge is 0.508 e. The Morgan fingerprint density at radius 2 is 2.04 bits per heavy atom. The molecule has 9 heteroatoms. The van der Waals surface area contributed by atoms with Gasteiger partial charge < -0.3 is 30.5 Å². The summed E-state index contributed by atoms with van der Waals surface area (Å²) in [5.74, 6) is -0.854. The molecule has 3 aromatic rings. The van der Waals surface area contributed by atoms with Gasteiger partial charge in [-0.05, 0) is 31.5 Å². The molecule has 2 heterocycles. The summed E-state index contributed by atoms with van der Waals surface area (Å²) in [5, 5.41) is 32.9. The molecule has 0 unspecified atom stereocenters. The van der Waals surface area contributed by atoms with E-state index in [2.05, 4.69) is 5.10 Å². The molecule has 0 aliphatic carbocycles. The fraction of sp³-hybridized carbons (Fsp3) is 0.222. The number of ether oxygens (including phenoxy) is 2. The maximum absolute atomic E-state index is 12.5. The van der Waals surface area contributed by atoms with E-state index in [0.29, 0.717) is 11.1 Å². The number of rotatable bonds is 5. The van der Waals surface area contributed by atoms with Crippen molar-refractivity contribution >= 4 is 17.2 Å². The Balaban J connectivity index is 1.92. The van der Waals surface area contributed by atoms with E-state index in [1.54, 1.807) is 6.92 Å². The van der Waals surface area contributed by atoms with Gasteiger partial charge in [-0.2, -0.15) is 0 Å². The molecule has 0 saturated carbocycles. The number of fused-ring (bicyclic) bond motifs is 1.